The van der Waals surface area contributed by atoms with Crippen LogP contribution >= 0.6 is 11.9 Å². The predicted molar refractivity (Wildman–Crippen MR) is 17.6 cm³/mol. The van der Waals surface area contributed by atoms with Gasteiger partial charge in [0.15, 0.2) is 0 Å². The van der Waals surface area contributed by atoms with E-state index >= 15 is 0 Å². The minimum absolute atomic E-state index is 0. The standard InChI is InChI=1S/C2H3ClO2.Pd/c1-2(4)5-3;/h1H3;/q;+2. The zero-order valence-corrected chi connectivity index (χ0v) is 5.32. The molecule has 0 amide bonds. The topological polar surface area (TPSA) is 26.3 Å². The average molecular weight is 201 g/mol. The van der Waals surface area contributed by atoms with Crippen molar-refractivity contribution in [2.24, 2.45) is 0 Å². The van der Waals surface area contributed by atoms with E-state index in [1.54, 1.807) is 0 Å². The predicted octanol–water partition coefficient (Wildman–Crippen LogP) is 0.701. The molecule has 0 aliphatic heterocycles. The Morgan fingerprint density at radius 3 is 2.00 bits per heavy atom. The zero-order valence-electron chi connectivity index (χ0n) is 3.01. The molecule has 0 unspecified atom stereocenters. The van der Waals surface area contributed by atoms with E-state index in [0.29, 0.717) is 0 Å². The fourth-order valence-electron chi connectivity index (χ4n) is 0. The van der Waals surface area contributed by atoms with Crippen LogP contribution in [0.1, 0.15) is 6.92 Å². The maximum atomic E-state index is 9.46. The van der Waals surface area contributed by atoms with Gasteiger partial charge in [0.25, 0.3) is 0 Å². The third-order valence-corrected chi connectivity index (χ3v) is 0.326. The van der Waals surface area contributed by atoms with Crippen molar-refractivity contribution in [1.82, 2.24) is 0 Å². The van der Waals surface area contributed by atoms with Gasteiger partial charge in [-0.1, -0.05) is 0 Å². The zero-order chi connectivity index (χ0) is 4.28. The van der Waals surface area contributed by atoms with Crippen LogP contribution in [0.15, 0.2) is 0 Å². The van der Waals surface area contributed by atoms with Gasteiger partial charge < -0.3 is 4.29 Å². The second-order valence-electron chi connectivity index (χ2n) is 0.569. The molecule has 0 aromatic rings. The molecule has 0 saturated heterocycles. The summed E-state index contributed by atoms with van der Waals surface area (Å²) in [5.74, 6) is -0.480. The second-order valence-corrected chi connectivity index (χ2v) is 0.723. The van der Waals surface area contributed by atoms with Gasteiger partial charge in [-0.3, -0.25) is 4.79 Å². The normalized spacial score (nSPS) is 5.67. The molecule has 6 heavy (non-hydrogen) atoms. The Hall–Kier alpha value is 0.422. The minimum atomic E-state index is -0.480. The van der Waals surface area contributed by atoms with Crippen LogP contribution < -0.4 is 0 Å². The first-order valence-corrected chi connectivity index (χ1v) is 1.37. The Kier molecular flexibility index (Phi) is 8.73. The first-order chi connectivity index (χ1) is 2.27. The summed E-state index contributed by atoms with van der Waals surface area (Å²) in [6.07, 6.45) is 0. The van der Waals surface area contributed by atoms with Gasteiger partial charge in [-0.2, -0.15) is 0 Å². The van der Waals surface area contributed by atoms with E-state index in [4.69, 9.17) is 0 Å². The van der Waals surface area contributed by atoms with Gasteiger partial charge in [0.2, 0.25) is 0 Å². The van der Waals surface area contributed by atoms with Crippen LogP contribution in [-0.4, -0.2) is 5.97 Å². The molecule has 0 aromatic heterocycles. The van der Waals surface area contributed by atoms with Crippen LogP contribution in [0.25, 0.3) is 0 Å². The third kappa shape index (κ3) is 8.83. The van der Waals surface area contributed by atoms with Crippen LogP contribution in [0.2, 0.25) is 0 Å². The van der Waals surface area contributed by atoms with E-state index in [9.17, 15) is 4.79 Å². The summed E-state index contributed by atoms with van der Waals surface area (Å²) in [5, 5.41) is 0. The van der Waals surface area contributed by atoms with Crippen molar-refractivity contribution in [2.45, 2.75) is 6.92 Å². The van der Waals surface area contributed by atoms with Crippen LogP contribution in [0.4, 0.5) is 0 Å². The molecule has 0 aliphatic rings. The van der Waals surface area contributed by atoms with Gasteiger partial charge in [0.1, 0.15) is 11.9 Å². The molecule has 4 heteroatoms. The Labute approximate surface area is 54.6 Å². The summed E-state index contributed by atoms with van der Waals surface area (Å²) in [6, 6.07) is 0. The van der Waals surface area contributed by atoms with Crippen molar-refractivity contribution in [1.29, 1.82) is 0 Å². The van der Waals surface area contributed by atoms with Crippen LogP contribution in [0.5, 0.6) is 0 Å². The number of hydrogen-bond acceptors (Lipinski definition) is 2. The summed E-state index contributed by atoms with van der Waals surface area (Å²) in [5.41, 5.74) is 0. The molecule has 0 atom stereocenters. The van der Waals surface area contributed by atoms with E-state index in [2.05, 4.69) is 16.2 Å². The smallest absolute Gasteiger partial charge is 0.348 e. The quantitative estimate of drug-likeness (QED) is 0.539. The number of rotatable bonds is 0. The van der Waals surface area contributed by atoms with Crippen molar-refractivity contribution in [3.05, 3.63) is 0 Å². The van der Waals surface area contributed by atoms with Crippen molar-refractivity contribution in [2.75, 3.05) is 0 Å². The molecule has 2 nitrogen and oxygen atoms in total. The van der Waals surface area contributed by atoms with E-state index in [-0.39, 0.29) is 20.4 Å². The van der Waals surface area contributed by atoms with Crippen molar-refractivity contribution >= 4 is 17.8 Å². The molecule has 0 spiro atoms. The summed E-state index contributed by atoms with van der Waals surface area (Å²) >= 11 is 4.49. The molecule has 0 aliphatic carbocycles. The summed E-state index contributed by atoms with van der Waals surface area (Å²) in [6.45, 7) is 1.23. The Morgan fingerprint density at radius 2 is 2.00 bits per heavy atom. The van der Waals surface area contributed by atoms with E-state index in [1.165, 1.54) is 6.92 Å². The molecule has 0 heterocycles. The maximum Gasteiger partial charge on any atom is 2.00 e. The number of halogens is 1. The van der Waals surface area contributed by atoms with E-state index < -0.39 is 5.97 Å². The summed E-state index contributed by atoms with van der Waals surface area (Å²) in [7, 11) is 0. The van der Waals surface area contributed by atoms with Gasteiger partial charge in [-0.15, -0.1) is 0 Å². The SMILES string of the molecule is CC(=O)OCl.[Pd+2]. The Balaban J connectivity index is 0. The number of carbonyl (C=O) groups excluding carboxylic acids is 1. The number of carbonyl (C=O) groups is 1. The maximum absolute atomic E-state index is 9.46. The first kappa shape index (κ1) is 9.66. The Bertz CT molecular complexity index is 46.8. The molecule has 0 bridgehead atoms. The molecule has 0 fully saturated rings. The summed E-state index contributed by atoms with van der Waals surface area (Å²) < 4.78 is 3.58. The van der Waals surface area contributed by atoms with Gasteiger partial charge in [0, 0.05) is 6.92 Å². The van der Waals surface area contributed by atoms with Gasteiger partial charge in [-0.05, 0) is 0 Å². The molecule has 0 rings (SSSR count). The minimum Gasteiger partial charge on any atom is -0.348 e. The van der Waals surface area contributed by atoms with E-state index in [0.717, 1.165) is 0 Å². The molecule has 0 N–H and O–H groups in total. The average Bonchev–Trinajstić information content (AvgIpc) is 1.38. The van der Waals surface area contributed by atoms with Crippen molar-refractivity contribution in [3.8, 4) is 0 Å². The first-order valence-electron chi connectivity index (χ1n) is 1.06. The van der Waals surface area contributed by atoms with E-state index in [1.807, 2.05) is 0 Å². The Morgan fingerprint density at radius 1 is 1.83 bits per heavy atom. The van der Waals surface area contributed by atoms with Gasteiger partial charge >= 0.3 is 26.4 Å². The summed E-state index contributed by atoms with van der Waals surface area (Å²) in [4.78, 5) is 9.46. The monoisotopic (exact) mass is 200 g/mol. The van der Waals surface area contributed by atoms with Crippen molar-refractivity contribution < 1.29 is 29.5 Å². The molecular weight excluding hydrogens is 198 g/mol. The molecular formula is C2H3ClO2Pd+2. The second kappa shape index (κ2) is 5.42. The van der Waals surface area contributed by atoms with Gasteiger partial charge in [-0.25, -0.2) is 0 Å². The molecule has 0 saturated carbocycles. The van der Waals surface area contributed by atoms with Crippen LogP contribution in [-0.2, 0) is 29.5 Å². The number of hydrogen-bond donors (Lipinski definition) is 0. The molecule has 38 valence electrons. The fourth-order valence-corrected chi connectivity index (χ4v) is 0. The van der Waals surface area contributed by atoms with Crippen LogP contribution in [0, 0.1) is 0 Å². The van der Waals surface area contributed by atoms with Crippen molar-refractivity contribution in [3.63, 3.8) is 0 Å². The molecule has 0 radical (unpaired) electrons. The molecule has 0 aromatic carbocycles. The fraction of sp³-hybridized carbons (Fsp3) is 0.500. The third-order valence-electron chi connectivity index (χ3n) is 0.109. The van der Waals surface area contributed by atoms with Crippen LogP contribution in [0.3, 0.4) is 0 Å². The largest absolute Gasteiger partial charge is 2.00 e. The van der Waals surface area contributed by atoms with Gasteiger partial charge in [0.05, 0.1) is 0 Å².